The molecule has 3 N–H and O–H groups in total. The van der Waals surface area contributed by atoms with Crippen LogP contribution in [-0.2, 0) is 4.74 Å². The average molecular weight is 207 g/mol. The summed E-state index contributed by atoms with van der Waals surface area (Å²) < 4.78 is 5.42. The van der Waals surface area contributed by atoms with Gasteiger partial charge in [-0.2, -0.15) is 0 Å². The zero-order chi connectivity index (χ0) is 10.5. The van der Waals surface area contributed by atoms with E-state index in [1.165, 1.54) is 6.42 Å². The third-order valence-electron chi connectivity index (χ3n) is 2.69. The predicted molar refractivity (Wildman–Crippen MR) is 60.7 cm³/mol. The summed E-state index contributed by atoms with van der Waals surface area (Å²) in [6.07, 6.45) is 5.81. The van der Waals surface area contributed by atoms with E-state index < -0.39 is 0 Å². The van der Waals surface area contributed by atoms with Crippen LogP contribution in [0.2, 0.25) is 0 Å². The lowest BCUT2D eigenvalue weighted by atomic mass is 10.0. The van der Waals surface area contributed by atoms with Crippen molar-refractivity contribution in [3.05, 3.63) is 18.5 Å². The van der Waals surface area contributed by atoms with E-state index in [-0.39, 0.29) is 0 Å². The second kappa shape index (κ2) is 4.98. The molecule has 15 heavy (non-hydrogen) atoms. The predicted octanol–water partition coefficient (Wildman–Crippen LogP) is 1.50. The first-order valence-corrected chi connectivity index (χ1v) is 5.37. The van der Waals surface area contributed by atoms with Gasteiger partial charge in [0.2, 0.25) is 0 Å². The van der Waals surface area contributed by atoms with E-state index in [1.807, 2.05) is 6.07 Å². The summed E-state index contributed by atoms with van der Waals surface area (Å²) in [6.45, 7) is 2.69. The van der Waals surface area contributed by atoms with Gasteiger partial charge >= 0.3 is 0 Å². The van der Waals surface area contributed by atoms with Crippen molar-refractivity contribution < 1.29 is 4.74 Å². The van der Waals surface area contributed by atoms with Gasteiger partial charge in [-0.15, -0.1) is 0 Å². The smallest absolute Gasteiger partial charge is 0.0736 e. The third kappa shape index (κ3) is 2.83. The van der Waals surface area contributed by atoms with Crippen molar-refractivity contribution in [3.63, 3.8) is 0 Å². The highest BCUT2D eigenvalue weighted by Crippen LogP contribution is 2.18. The summed E-state index contributed by atoms with van der Waals surface area (Å²) in [7, 11) is 0. The number of aromatic nitrogens is 1. The summed E-state index contributed by atoms with van der Waals surface area (Å²) >= 11 is 0. The van der Waals surface area contributed by atoms with Crippen molar-refractivity contribution in [2.45, 2.75) is 12.8 Å². The first-order valence-electron chi connectivity index (χ1n) is 5.37. The van der Waals surface area contributed by atoms with Crippen molar-refractivity contribution in [2.24, 2.45) is 5.92 Å². The molecule has 1 fully saturated rings. The van der Waals surface area contributed by atoms with Crippen LogP contribution in [0.25, 0.3) is 0 Å². The van der Waals surface area contributed by atoms with E-state index in [2.05, 4.69) is 10.3 Å². The van der Waals surface area contributed by atoms with Gasteiger partial charge in [-0.3, -0.25) is 4.98 Å². The molecule has 4 heteroatoms. The molecule has 4 nitrogen and oxygen atoms in total. The van der Waals surface area contributed by atoms with E-state index in [9.17, 15) is 0 Å². The molecule has 1 unspecified atom stereocenters. The number of pyridine rings is 1. The number of rotatable bonds is 3. The zero-order valence-corrected chi connectivity index (χ0v) is 8.78. The Kier molecular flexibility index (Phi) is 3.40. The lowest BCUT2D eigenvalue weighted by molar-refractivity contribution is 0.0595. The Labute approximate surface area is 89.8 Å². The number of nitrogens with two attached hydrogens (primary N) is 1. The third-order valence-corrected chi connectivity index (χ3v) is 2.69. The van der Waals surface area contributed by atoms with Gasteiger partial charge in [0.05, 0.1) is 24.2 Å². The maximum Gasteiger partial charge on any atom is 0.0736 e. The standard InChI is InChI=1S/C11H17N3O/c12-10-7-13-4-3-11(10)14-6-9-2-1-5-15-8-9/h3-4,7,9H,1-2,5-6,8,12H2,(H,13,14). The fourth-order valence-corrected chi connectivity index (χ4v) is 1.79. The molecule has 1 aromatic heterocycles. The highest BCUT2D eigenvalue weighted by atomic mass is 16.5. The maximum absolute atomic E-state index is 5.78. The van der Waals surface area contributed by atoms with Crippen LogP contribution >= 0.6 is 0 Å². The van der Waals surface area contributed by atoms with Crippen molar-refractivity contribution >= 4 is 11.4 Å². The monoisotopic (exact) mass is 207 g/mol. The fraction of sp³-hybridized carbons (Fsp3) is 0.545. The number of nitrogens with zero attached hydrogens (tertiary/aromatic N) is 1. The zero-order valence-electron chi connectivity index (χ0n) is 8.78. The number of anilines is 2. The van der Waals surface area contributed by atoms with Crippen LogP contribution in [0.15, 0.2) is 18.5 Å². The molecule has 1 aliphatic rings. The molecular formula is C11H17N3O. The molecule has 1 aromatic rings. The Morgan fingerprint density at radius 3 is 3.27 bits per heavy atom. The number of nitrogens with one attached hydrogen (secondary N) is 1. The molecule has 0 spiro atoms. The minimum Gasteiger partial charge on any atom is -0.396 e. The molecule has 1 aliphatic heterocycles. The molecule has 0 aromatic carbocycles. The fourth-order valence-electron chi connectivity index (χ4n) is 1.79. The van der Waals surface area contributed by atoms with Gasteiger partial charge in [-0.25, -0.2) is 0 Å². The molecule has 2 rings (SSSR count). The van der Waals surface area contributed by atoms with Gasteiger partial charge in [0.15, 0.2) is 0 Å². The van der Waals surface area contributed by atoms with Gasteiger partial charge in [-0.1, -0.05) is 0 Å². The van der Waals surface area contributed by atoms with Gasteiger partial charge in [0.25, 0.3) is 0 Å². The van der Waals surface area contributed by atoms with E-state index >= 15 is 0 Å². The van der Waals surface area contributed by atoms with Crippen LogP contribution in [0.3, 0.4) is 0 Å². The highest BCUT2D eigenvalue weighted by molar-refractivity contribution is 5.64. The summed E-state index contributed by atoms with van der Waals surface area (Å²) in [5, 5.41) is 3.34. The minimum atomic E-state index is 0.603. The van der Waals surface area contributed by atoms with Crippen LogP contribution in [0, 0.1) is 5.92 Å². The molecule has 82 valence electrons. The molecule has 0 aliphatic carbocycles. The number of ether oxygens (including phenoxy) is 1. The summed E-state index contributed by atoms with van der Waals surface area (Å²) in [5.41, 5.74) is 7.45. The lowest BCUT2D eigenvalue weighted by Gasteiger charge is -2.22. The van der Waals surface area contributed by atoms with Crippen molar-refractivity contribution in [1.29, 1.82) is 0 Å². The number of hydrogen-bond acceptors (Lipinski definition) is 4. The second-order valence-corrected chi connectivity index (χ2v) is 3.93. The summed E-state index contributed by atoms with van der Waals surface area (Å²) in [4.78, 5) is 3.95. The van der Waals surface area contributed by atoms with Crippen molar-refractivity contribution in [1.82, 2.24) is 4.98 Å². The molecule has 1 atom stereocenters. The van der Waals surface area contributed by atoms with Crippen LogP contribution in [-0.4, -0.2) is 24.7 Å². The molecule has 0 bridgehead atoms. The highest BCUT2D eigenvalue weighted by Gasteiger charge is 2.13. The summed E-state index contributed by atoms with van der Waals surface area (Å²) in [5.74, 6) is 0.603. The van der Waals surface area contributed by atoms with E-state index in [4.69, 9.17) is 10.5 Å². The molecule has 2 heterocycles. The second-order valence-electron chi connectivity index (χ2n) is 3.93. The minimum absolute atomic E-state index is 0.603. The van der Waals surface area contributed by atoms with Gasteiger partial charge < -0.3 is 15.8 Å². The first-order chi connectivity index (χ1) is 7.36. The summed E-state index contributed by atoms with van der Waals surface area (Å²) in [6, 6.07) is 1.90. The van der Waals surface area contributed by atoms with E-state index in [0.717, 1.165) is 31.9 Å². The number of nitrogen functional groups attached to an aromatic ring is 1. The Balaban J connectivity index is 1.84. The molecule has 0 amide bonds. The Morgan fingerprint density at radius 1 is 1.60 bits per heavy atom. The topological polar surface area (TPSA) is 60.2 Å². The molecule has 1 saturated heterocycles. The van der Waals surface area contributed by atoms with Crippen molar-refractivity contribution in [3.8, 4) is 0 Å². The van der Waals surface area contributed by atoms with Crippen LogP contribution < -0.4 is 11.1 Å². The van der Waals surface area contributed by atoms with Gasteiger partial charge in [0, 0.05) is 19.3 Å². The van der Waals surface area contributed by atoms with Crippen LogP contribution in [0.5, 0.6) is 0 Å². The van der Waals surface area contributed by atoms with Crippen LogP contribution in [0.1, 0.15) is 12.8 Å². The van der Waals surface area contributed by atoms with Crippen molar-refractivity contribution in [2.75, 3.05) is 30.8 Å². The van der Waals surface area contributed by atoms with E-state index in [1.54, 1.807) is 12.4 Å². The van der Waals surface area contributed by atoms with E-state index in [0.29, 0.717) is 11.6 Å². The lowest BCUT2D eigenvalue weighted by Crippen LogP contribution is -2.24. The van der Waals surface area contributed by atoms with Crippen LogP contribution in [0.4, 0.5) is 11.4 Å². The molecule has 0 radical (unpaired) electrons. The SMILES string of the molecule is Nc1cnccc1NCC1CCCOC1. The Bertz CT molecular complexity index is 310. The van der Waals surface area contributed by atoms with Gasteiger partial charge in [0.1, 0.15) is 0 Å². The Hall–Kier alpha value is -1.29. The first kappa shape index (κ1) is 10.2. The molecular weight excluding hydrogens is 190 g/mol. The van der Waals surface area contributed by atoms with Gasteiger partial charge in [-0.05, 0) is 24.8 Å². The normalized spacial score (nSPS) is 21.2. The number of hydrogen-bond donors (Lipinski definition) is 2. The average Bonchev–Trinajstić information content (AvgIpc) is 2.29. The molecule has 0 saturated carbocycles. The quantitative estimate of drug-likeness (QED) is 0.788. The maximum atomic E-state index is 5.78. The Morgan fingerprint density at radius 2 is 2.53 bits per heavy atom. The largest absolute Gasteiger partial charge is 0.396 e.